The number of nitrogens with one attached hydrogen (secondary N) is 1. The Labute approximate surface area is 142 Å². The lowest BCUT2D eigenvalue weighted by Crippen LogP contribution is -2.51. The molecule has 0 aromatic heterocycles. The minimum absolute atomic E-state index is 0.0206. The number of carbonyl (C=O) groups excluding carboxylic acids is 2. The Kier molecular flexibility index (Phi) is 6.73. The van der Waals surface area contributed by atoms with Gasteiger partial charge in [0.1, 0.15) is 5.82 Å². The molecule has 6 heteroatoms. The summed E-state index contributed by atoms with van der Waals surface area (Å²) in [6.07, 6.45) is 1.22. The Morgan fingerprint density at radius 1 is 1.21 bits per heavy atom. The molecule has 1 aromatic carbocycles. The second-order valence-electron chi connectivity index (χ2n) is 6.14. The van der Waals surface area contributed by atoms with E-state index in [9.17, 15) is 14.0 Å². The molecule has 0 saturated carbocycles. The van der Waals surface area contributed by atoms with Crippen LogP contribution in [0.25, 0.3) is 0 Å². The van der Waals surface area contributed by atoms with Crippen LogP contribution in [-0.2, 0) is 9.59 Å². The third kappa shape index (κ3) is 4.77. The van der Waals surface area contributed by atoms with E-state index < -0.39 is 0 Å². The zero-order valence-corrected chi connectivity index (χ0v) is 14.4. The summed E-state index contributed by atoms with van der Waals surface area (Å²) in [7, 11) is 0. The zero-order chi connectivity index (χ0) is 17.5. The minimum Gasteiger partial charge on any atom is -0.347 e. The van der Waals surface area contributed by atoms with Crippen molar-refractivity contribution in [3.8, 4) is 0 Å². The molecule has 0 aliphatic carbocycles. The number of amides is 2. The zero-order valence-electron chi connectivity index (χ0n) is 14.4. The van der Waals surface area contributed by atoms with Crippen LogP contribution in [0.1, 0.15) is 38.3 Å². The highest BCUT2D eigenvalue weighted by Gasteiger charge is 2.25. The van der Waals surface area contributed by atoms with Gasteiger partial charge in [0.25, 0.3) is 0 Å². The normalized spacial score (nSPS) is 16.7. The summed E-state index contributed by atoms with van der Waals surface area (Å²) in [6, 6.07) is 6.79. The van der Waals surface area contributed by atoms with E-state index in [0.29, 0.717) is 38.2 Å². The summed E-state index contributed by atoms with van der Waals surface area (Å²) in [4.78, 5) is 27.5. The largest absolute Gasteiger partial charge is 0.347 e. The molecule has 1 aliphatic rings. The highest BCUT2D eigenvalue weighted by molar-refractivity contribution is 5.84. The minimum atomic E-state index is -0.192. The van der Waals surface area contributed by atoms with Crippen molar-refractivity contribution in [3.05, 3.63) is 35.6 Å². The summed E-state index contributed by atoms with van der Waals surface area (Å²) in [6.45, 7) is 6.57. The first-order valence-electron chi connectivity index (χ1n) is 8.56. The molecule has 1 aromatic rings. The van der Waals surface area contributed by atoms with Crippen molar-refractivity contribution in [1.82, 2.24) is 15.1 Å². The average molecular weight is 335 g/mol. The van der Waals surface area contributed by atoms with Crippen LogP contribution in [-0.4, -0.2) is 54.3 Å². The Bertz CT molecular complexity index is 571. The number of piperazine rings is 1. The Hall–Kier alpha value is -1.95. The second-order valence-corrected chi connectivity index (χ2v) is 6.14. The quantitative estimate of drug-likeness (QED) is 0.864. The molecule has 1 aliphatic heterocycles. The Balaban J connectivity index is 1.81. The van der Waals surface area contributed by atoms with Crippen molar-refractivity contribution in [3.63, 3.8) is 0 Å². The summed E-state index contributed by atoms with van der Waals surface area (Å²) >= 11 is 0. The number of benzene rings is 1. The fourth-order valence-electron chi connectivity index (χ4n) is 2.97. The molecule has 24 heavy (non-hydrogen) atoms. The average Bonchev–Trinajstić information content (AvgIpc) is 2.60. The van der Waals surface area contributed by atoms with Gasteiger partial charge >= 0.3 is 0 Å². The lowest BCUT2D eigenvalue weighted by atomic mass is 10.1. The van der Waals surface area contributed by atoms with Crippen molar-refractivity contribution in [1.29, 1.82) is 0 Å². The van der Waals surface area contributed by atoms with E-state index in [1.807, 2.05) is 19.9 Å². The monoisotopic (exact) mass is 335 g/mol. The topological polar surface area (TPSA) is 52.7 Å². The van der Waals surface area contributed by atoms with Gasteiger partial charge in [0.15, 0.2) is 0 Å². The fourth-order valence-corrected chi connectivity index (χ4v) is 2.97. The van der Waals surface area contributed by atoms with Gasteiger partial charge in [-0.1, -0.05) is 25.1 Å². The van der Waals surface area contributed by atoms with E-state index in [2.05, 4.69) is 10.2 Å². The molecule has 1 fully saturated rings. The van der Waals surface area contributed by atoms with Crippen LogP contribution in [0, 0.1) is 5.82 Å². The number of rotatable bonds is 6. The Morgan fingerprint density at radius 2 is 1.88 bits per heavy atom. The number of hydrogen-bond donors (Lipinski definition) is 1. The van der Waals surface area contributed by atoms with E-state index in [1.165, 1.54) is 6.07 Å². The summed E-state index contributed by atoms with van der Waals surface area (Å²) in [5, 5.41) is 2.65. The van der Waals surface area contributed by atoms with Crippen molar-refractivity contribution in [2.24, 2.45) is 0 Å². The summed E-state index contributed by atoms with van der Waals surface area (Å²) in [5.74, 6) is -0.336. The summed E-state index contributed by atoms with van der Waals surface area (Å²) in [5.41, 5.74) is 0.684. The number of halogens is 1. The van der Waals surface area contributed by atoms with Crippen LogP contribution in [0.2, 0.25) is 0 Å². The van der Waals surface area contributed by atoms with Gasteiger partial charge in [-0.25, -0.2) is 4.39 Å². The van der Waals surface area contributed by atoms with Gasteiger partial charge in [-0.15, -0.1) is 0 Å². The molecule has 0 bridgehead atoms. The van der Waals surface area contributed by atoms with Crippen LogP contribution < -0.4 is 5.32 Å². The second kappa shape index (κ2) is 8.78. The van der Waals surface area contributed by atoms with Crippen molar-refractivity contribution in [2.45, 2.75) is 32.7 Å². The van der Waals surface area contributed by atoms with Crippen LogP contribution >= 0.6 is 0 Å². The van der Waals surface area contributed by atoms with Gasteiger partial charge in [-0.05, 0) is 19.4 Å². The molecule has 1 N–H and O–H groups in total. The van der Waals surface area contributed by atoms with Gasteiger partial charge in [0.2, 0.25) is 11.8 Å². The first-order valence-corrected chi connectivity index (χ1v) is 8.56. The number of hydrogen-bond acceptors (Lipinski definition) is 3. The maximum absolute atomic E-state index is 13.9. The van der Waals surface area contributed by atoms with Crippen molar-refractivity contribution >= 4 is 11.8 Å². The molecule has 0 unspecified atom stereocenters. The lowest BCUT2D eigenvalue weighted by molar-refractivity contribution is -0.134. The molecule has 1 heterocycles. The maximum atomic E-state index is 13.9. The van der Waals surface area contributed by atoms with E-state index in [4.69, 9.17) is 0 Å². The standard InChI is InChI=1S/C18H26FN3O2/c1-3-6-17(23)20-13-18(24)22-11-9-21(10-12-22)14(2)15-7-4-5-8-16(15)19/h4-5,7-8,14H,3,6,9-13H2,1-2H3,(H,20,23)/t14-/m1/s1. The van der Waals surface area contributed by atoms with Crippen molar-refractivity contribution in [2.75, 3.05) is 32.7 Å². The van der Waals surface area contributed by atoms with Crippen LogP contribution in [0.4, 0.5) is 4.39 Å². The predicted octanol–water partition coefficient (Wildman–Crippen LogP) is 1.95. The van der Waals surface area contributed by atoms with Crippen molar-refractivity contribution < 1.29 is 14.0 Å². The summed E-state index contributed by atoms with van der Waals surface area (Å²) < 4.78 is 13.9. The Morgan fingerprint density at radius 3 is 2.50 bits per heavy atom. The fraction of sp³-hybridized carbons (Fsp3) is 0.556. The lowest BCUT2D eigenvalue weighted by Gasteiger charge is -2.38. The van der Waals surface area contributed by atoms with Crippen LogP contribution in [0.3, 0.4) is 0 Å². The van der Waals surface area contributed by atoms with Gasteiger partial charge < -0.3 is 10.2 Å². The predicted molar refractivity (Wildman–Crippen MR) is 90.9 cm³/mol. The van der Waals surface area contributed by atoms with E-state index in [-0.39, 0.29) is 30.2 Å². The maximum Gasteiger partial charge on any atom is 0.242 e. The molecule has 1 saturated heterocycles. The van der Waals surface area contributed by atoms with E-state index >= 15 is 0 Å². The SMILES string of the molecule is CCCC(=O)NCC(=O)N1CCN([C@H](C)c2ccccc2F)CC1. The van der Waals surface area contributed by atoms with Crippen LogP contribution in [0.5, 0.6) is 0 Å². The van der Waals surface area contributed by atoms with E-state index in [1.54, 1.807) is 17.0 Å². The van der Waals surface area contributed by atoms with Gasteiger partial charge in [-0.3, -0.25) is 14.5 Å². The molecule has 2 amide bonds. The smallest absolute Gasteiger partial charge is 0.242 e. The third-order valence-electron chi connectivity index (χ3n) is 4.48. The number of carbonyl (C=O) groups is 2. The van der Waals surface area contributed by atoms with Gasteiger partial charge in [-0.2, -0.15) is 0 Å². The molecular weight excluding hydrogens is 309 g/mol. The molecule has 132 valence electrons. The third-order valence-corrected chi connectivity index (χ3v) is 4.48. The molecule has 0 spiro atoms. The molecule has 0 radical (unpaired) electrons. The first kappa shape index (κ1) is 18.4. The highest BCUT2D eigenvalue weighted by atomic mass is 19.1. The van der Waals surface area contributed by atoms with Gasteiger partial charge in [0, 0.05) is 44.2 Å². The molecular formula is C18H26FN3O2. The highest BCUT2D eigenvalue weighted by Crippen LogP contribution is 2.23. The van der Waals surface area contributed by atoms with E-state index in [0.717, 1.165) is 6.42 Å². The molecule has 1 atom stereocenters. The molecule has 2 rings (SSSR count). The first-order chi connectivity index (χ1) is 11.5. The molecule has 5 nitrogen and oxygen atoms in total. The van der Waals surface area contributed by atoms with Crippen LogP contribution in [0.15, 0.2) is 24.3 Å². The van der Waals surface area contributed by atoms with Gasteiger partial charge in [0.05, 0.1) is 6.54 Å². The number of nitrogens with zero attached hydrogens (tertiary/aromatic N) is 2.